The van der Waals surface area contributed by atoms with E-state index in [2.05, 4.69) is 19.0 Å². The summed E-state index contributed by atoms with van der Waals surface area (Å²) in [6, 6.07) is 0. The van der Waals surface area contributed by atoms with E-state index in [1.54, 1.807) is 0 Å². The third-order valence-electron chi connectivity index (χ3n) is 2.18. The van der Waals surface area contributed by atoms with E-state index >= 15 is 0 Å². The summed E-state index contributed by atoms with van der Waals surface area (Å²) in [4.78, 5) is 0. The fourth-order valence-electron chi connectivity index (χ4n) is 1.31. The maximum Gasteiger partial charge on any atom is 0.211 e. The first kappa shape index (κ1) is 6.01. The van der Waals surface area contributed by atoms with E-state index in [4.69, 9.17) is 2.80 Å². The van der Waals surface area contributed by atoms with Crippen LogP contribution in [-0.2, 0) is 0 Å². The highest BCUT2D eigenvalue weighted by Crippen LogP contribution is 2.24. The maximum atomic E-state index is 7.39. The van der Waals surface area contributed by atoms with Gasteiger partial charge in [-0.25, -0.2) is 0 Å². The van der Waals surface area contributed by atoms with Crippen molar-refractivity contribution in [2.45, 2.75) is 33.1 Å². The predicted molar refractivity (Wildman–Crippen MR) is 47.4 cm³/mol. The van der Waals surface area contributed by atoms with Crippen LogP contribution in [0.25, 0.3) is 0 Å². The van der Waals surface area contributed by atoms with Gasteiger partial charge in [-0.3, -0.25) is 0 Å². The van der Waals surface area contributed by atoms with Gasteiger partial charge in [0.05, 0.1) is 7.95 Å². The van der Waals surface area contributed by atoms with Crippen molar-refractivity contribution < 1.29 is 6.48 Å². The molecule has 1 atom stereocenters. The molecule has 0 saturated heterocycles. The lowest BCUT2D eigenvalue weighted by molar-refractivity contribution is 0.325. The van der Waals surface area contributed by atoms with Crippen molar-refractivity contribution >= 4 is 0 Å². The SMILES string of the molecule is [2H]OC([2H])C1=CCC(=C(C)C)CC1. The number of hydrogen-bond acceptors (Lipinski definition) is 1. The Bertz CT molecular complexity index is 239. The minimum absolute atomic E-state index is 0.779. The highest BCUT2D eigenvalue weighted by molar-refractivity contribution is 5.22. The summed E-state index contributed by atoms with van der Waals surface area (Å²) in [5.41, 5.74) is 3.78. The molecule has 0 aromatic rings. The fraction of sp³-hybridized carbons (Fsp3) is 0.600. The summed E-state index contributed by atoms with van der Waals surface area (Å²) < 4.78 is 14.0. The van der Waals surface area contributed by atoms with Crippen LogP contribution in [-0.4, -0.2) is 13.1 Å². The minimum Gasteiger partial charge on any atom is -0.392 e. The lowest BCUT2D eigenvalue weighted by Gasteiger charge is -2.15. The van der Waals surface area contributed by atoms with Crippen molar-refractivity contribution in [3.05, 3.63) is 22.8 Å². The third kappa shape index (κ3) is 2.19. The summed E-state index contributed by atoms with van der Waals surface area (Å²) in [5, 5.41) is 4.22. The predicted octanol–water partition coefficient (Wildman–Crippen LogP) is 2.43. The zero-order valence-electron chi connectivity index (χ0n) is 9.18. The zero-order valence-corrected chi connectivity index (χ0v) is 7.18. The van der Waals surface area contributed by atoms with Crippen LogP contribution >= 0.6 is 0 Å². The lowest BCUT2D eigenvalue weighted by atomic mass is 9.92. The van der Waals surface area contributed by atoms with Gasteiger partial charge in [0.1, 0.15) is 0 Å². The van der Waals surface area contributed by atoms with Crippen molar-refractivity contribution in [3.8, 4) is 0 Å². The largest absolute Gasteiger partial charge is 0.392 e. The van der Waals surface area contributed by atoms with E-state index in [1.807, 2.05) is 6.08 Å². The molecule has 1 heteroatoms. The molecular formula is C10H16O. The molecule has 0 aromatic heterocycles. The molecule has 1 rings (SSSR count). The zero-order chi connectivity index (χ0) is 9.84. The van der Waals surface area contributed by atoms with Crippen molar-refractivity contribution in [1.82, 2.24) is 0 Å². The van der Waals surface area contributed by atoms with E-state index in [1.165, 1.54) is 11.1 Å². The van der Waals surface area contributed by atoms with Gasteiger partial charge in [-0.15, -0.1) is 0 Å². The minimum atomic E-state index is -0.779. The number of allylic oxidation sites excluding steroid dienone is 3. The molecule has 1 aliphatic rings. The molecule has 62 valence electrons. The fourth-order valence-corrected chi connectivity index (χ4v) is 1.31. The van der Waals surface area contributed by atoms with Crippen LogP contribution in [0.3, 0.4) is 0 Å². The molecule has 0 aliphatic heterocycles. The van der Waals surface area contributed by atoms with E-state index in [-0.39, 0.29) is 0 Å². The van der Waals surface area contributed by atoms with E-state index in [0.717, 1.165) is 24.8 Å². The smallest absolute Gasteiger partial charge is 0.211 e. The number of hydrogen-bond donors (Lipinski definition) is 1. The molecule has 0 heterocycles. The highest BCUT2D eigenvalue weighted by Gasteiger charge is 2.07. The van der Waals surface area contributed by atoms with E-state index in [9.17, 15) is 0 Å². The Morgan fingerprint density at radius 3 is 3.00 bits per heavy atom. The second-order valence-corrected chi connectivity index (χ2v) is 3.20. The van der Waals surface area contributed by atoms with Crippen molar-refractivity contribution in [2.75, 3.05) is 6.58 Å². The van der Waals surface area contributed by atoms with Crippen molar-refractivity contribution in [3.63, 3.8) is 0 Å². The van der Waals surface area contributed by atoms with Crippen LogP contribution in [0.5, 0.6) is 0 Å². The molecule has 0 saturated carbocycles. The molecule has 0 spiro atoms. The normalized spacial score (nSPS) is 23.5. The Morgan fingerprint density at radius 1 is 1.73 bits per heavy atom. The average molecular weight is 154 g/mol. The van der Waals surface area contributed by atoms with Gasteiger partial charge in [-0.05, 0) is 38.7 Å². The van der Waals surface area contributed by atoms with Crippen LogP contribution in [0.1, 0.15) is 34.5 Å². The van der Waals surface area contributed by atoms with Crippen LogP contribution in [0.4, 0.5) is 0 Å². The van der Waals surface area contributed by atoms with Crippen LogP contribution in [0.2, 0.25) is 0 Å². The molecule has 0 bridgehead atoms. The maximum absolute atomic E-state index is 7.39. The van der Waals surface area contributed by atoms with Gasteiger partial charge in [-0.1, -0.05) is 17.2 Å². The van der Waals surface area contributed by atoms with Crippen LogP contribution in [0, 0.1) is 0 Å². The summed E-state index contributed by atoms with van der Waals surface area (Å²) in [6.45, 7) is 3.46. The third-order valence-corrected chi connectivity index (χ3v) is 2.18. The number of rotatable bonds is 2. The summed E-state index contributed by atoms with van der Waals surface area (Å²) in [5.74, 6) is 0. The molecule has 1 N–H and O–H groups in total. The molecular weight excluding hydrogens is 136 g/mol. The quantitative estimate of drug-likeness (QED) is 0.606. The van der Waals surface area contributed by atoms with Crippen molar-refractivity contribution in [1.29, 1.82) is 1.43 Å². The molecule has 0 radical (unpaired) electrons. The molecule has 11 heavy (non-hydrogen) atoms. The van der Waals surface area contributed by atoms with Gasteiger partial charge in [0.2, 0.25) is 1.43 Å². The molecule has 1 nitrogen and oxygen atoms in total. The summed E-state index contributed by atoms with van der Waals surface area (Å²) in [7, 11) is 0. The second-order valence-electron chi connectivity index (χ2n) is 3.20. The first-order chi connectivity index (χ1) is 6.15. The standard InChI is InChI=1S/C10H16O/c1-8(2)10-5-3-9(7-11)4-6-10/h3,11H,4-7H2,1-2H3/i7D,11D. The molecule has 1 unspecified atom stereocenters. The Hall–Kier alpha value is -0.560. The summed E-state index contributed by atoms with van der Waals surface area (Å²) >= 11 is 0. The average Bonchev–Trinajstić information content (AvgIpc) is 2.17. The Labute approximate surface area is 71.3 Å². The van der Waals surface area contributed by atoms with Gasteiger partial charge in [0.25, 0.3) is 0 Å². The van der Waals surface area contributed by atoms with Gasteiger partial charge in [0.15, 0.2) is 0 Å². The monoisotopic (exact) mass is 154 g/mol. The molecule has 0 aromatic carbocycles. The lowest BCUT2D eigenvalue weighted by Crippen LogP contribution is -1.99. The van der Waals surface area contributed by atoms with E-state index in [0.29, 0.717) is 0 Å². The Balaban J connectivity index is 2.63. The van der Waals surface area contributed by atoms with Crippen LogP contribution < -0.4 is 0 Å². The Morgan fingerprint density at radius 2 is 2.55 bits per heavy atom. The number of aliphatic hydroxyl groups is 1. The van der Waals surface area contributed by atoms with Gasteiger partial charge in [-0.2, -0.15) is 0 Å². The van der Waals surface area contributed by atoms with Crippen LogP contribution in [0.15, 0.2) is 22.8 Å². The second kappa shape index (κ2) is 3.72. The van der Waals surface area contributed by atoms with Crippen molar-refractivity contribution in [2.24, 2.45) is 0 Å². The molecule has 0 fully saturated rings. The van der Waals surface area contributed by atoms with Gasteiger partial charge >= 0.3 is 0 Å². The first-order valence-corrected chi connectivity index (χ1v) is 4.03. The van der Waals surface area contributed by atoms with Gasteiger partial charge in [0, 0.05) is 0 Å². The molecule has 1 aliphatic carbocycles. The first-order valence-electron chi connectivity index (χ1n) is 5.02. The topological polar surface area (TPSA) is 20.2 Å². The highest BCUT2D eigenvalue weighted by atomic mass is 16.3. The van der Waals surface area contributed by atoms with E-state index < -0.39 is 6.58 Å². The van der Waals surface area contributed by atoms with Gasteiger partial charge < -0.3 is 5.11 Å². The summed E-state index contributed by atoms with van der Waals surface area (Å²) in [6.07, 6.45) is 4.84. The Kier molecular flexibility index (Phi) is 2.03. The molecule has 0 amide bonds. The number of aliphatic hydroxyl groups excluding tert-OH is 1.